The van der Waals surface area contributed by atoms with E-state index in [2.05, 4.69) is 9.80 Å². The third kappa shape index (κ3) is 4.90. The number of nitrogens with zero attached hydrogens (tertiary/aromatic N) is 3. The first-order valence-electron chi connectivity index (χ1n) is 8.78. The lowest BCUT2D eigenvalue weighted by molar-refractivity contribution is -0.135. The van der Waals surface area contributed by atoms with Gasteiger partial charge in [0, 0.05) is 45.8 Å². The van der Waals surface area contributed by atoms with Crippen LogP contribution in [0.25, 0.3) is 0 Å². The second-order valence-electron chi connectivity index (χ2n) is 6.51. The van der Waals surface area contributed by atoms with E-state index in [1.165, 1.54) is 13.2 Å². The second-order valence-corrected chi connectivity index (χ2v) is 6.51. The molecule has 0 spiro atoms. The molecule has 2 aliphatic rings. The van der Waals surface area contributed by atoms with Crippen LogP contribution in [-0.2, 0) is 16.1 Å². The van der Waals surface area contributed by atoms with Gasteiger partial charge in [-0.05, 0) is 17.7 Å². The summed E-state index contributed by atoms with van der Waals surface area (Å²) < 4.78 is 24.0. The summed E-state index contributed by atoms with van der Waals surface area (Å²) in [7, 11) is 1.46. The summed E-state index contributed by atoms with van der Waals surface area (Å²) in [6, 6.07) is 5.07. The first-order valence-corrected chi connectivity index (χ1v) is 8.78. The fourth-order valence-corrected chi connectivity index (χ4v) is 3.27. The molecule has 1 amide bonds. The molecule has 25 heavy (non-hydrogen) atoms. The summed E-state index contributed by atoms with van der Waals surface area (Å²) >= 11 is 0. The van der Waals surface area contributed by atoms with Crippen molar-refractivity contribution in [2.75, 3.05) is 66.1 Å². The Hall–Kier alpha value is -1.70. The molecule has 0 radical (unpaired) electrons. The van der Waals surface area contributed by atoms with Crippen LogP contribution in [0.4, 0.5) is 4.39 Å². The number of ether oxygens (including phenoxy) is 2. The van der Waals surface area contributed by atoms with Crippen LogP contribution < -0.4 is 4.74 Å². The molecule has 1 aromatic carbocycles. The monoisotopic (exact) mass is 351 g/mol. The molecule has 1 aromatic rings. The molecular formula is C18H26FN3O3. The molecule has 2 saturated heterocycles. The van der Waals surface area contributed by atoms with Crippen LogP contribution >= 0.6 is 0 Å². The lowest BCUT2D eigenvalue weighted by atomic mass is 10.2. The van der Waals surface area contributed by atoms with E-state index < -0.39 is 0 Å². The van der Waals surface area contributed by atoms with Gasteiger partial charge < -0.3 is 14.4 Å². The Morgan fingerprint density at radius 2 is 1.84 bits per heavy atom. The van der Waals surface area contributed by atoms with Crippen molar-refractivity contribution in [1.82, 2.24) is 14.7 Å². The van der Waals surface area contributed by atoms with Crippen molar-refractivity contribution in [1.29, 1.82) is 0 Å². The molecule has 2 fully saturated rings. The first kappa shape index (κ1) is 18.1. The van der Waals surface area contributed by atoms with E-state index >= 15 is 0 Å². The summed E-state index contributed by atoms with van der Waals surface area (Å²) in [4.78, 5) is 18.7. The molecule has 2 heterocycles. The molecule has 3 rings (SSSR count). The normalized spacial score (nSPS) is 19.8. The highest BCUT2D eigenvalue weighted by Crippen LogP contribution is 2.19. The quantitative estimate of drug-likeness (QED) is 0.786. The van der Waals surface area contributed by atoms with Gasteiger partial charge in [-0.2, -0.15) is 0 Å². The predicted molar refractivity (Wildman–Crippen MR) is 92.1 cm³/mol. The zero-order valence-electron chi connectivity index (χ0n) is 14.7. The van der Waals surface area contributed by atoms with Gasteiger partial charge in [0.15, 0.2) is 11.6 Å². The average molecular weight is 351 g/mol. The van der Waals surface area contributed by atoms with Crippen molar-refractivity contribution in [3.63, 3.8) is 0 Å². The Labute approximate surface area is 148 Å². The number of carbonyl (C=O) groups excluding carboxylic acids is 1. The fraction of sp³-hybridized carbons (Fsp3) is 0.611. The van der Waals surface area contributed by atoms with Crippen LogP contribution in [0.3, 0.4) is 0 Å². The van der Waals surface area contributed by atoms with Gasteiger partial charge in [0.1, 0.15) is 0 Å². The van der Waals surface area contributed by atoms with Crippen molar-refractivity contribution in [3.8, 4) is 5.75 Å². The van der Waals surface area contributed by atoms with Crippen molar-refractivity contribution >= 4 is 5.91 Å². The number of halogens is 1. The molecule has 0 aliphatic carbocycles. The predicted octanol–water partition coefficient (Wildman–Crippen LogP) is 0.811. The van der Waals surface area contributed by atoms with Gasteiger partial charge in [-0.25, -0.2) is 4.39 Å². The van der Waals surface area contributed by atoms with Gasteiger partial charge in [-0.15, -0.1) is 0 Å². The van der Waals surface area contributed by atoms with Crippen LogP contribution in [0, 0.1) is 5.82 Å². The van der Waals surface area contributed by atoms with Gasteiger partial charge in [0.2, 0.25) is 5.91 Å². The van der Waals surface area contributed by atoms with E-state index in [1.54, 1.807) is 6.07 Å². The Morgan fingerprint density at radius 1 is 1.12 bits per heavy atom. The first-order chi connectivity index (χ1) is 12.2. The van der Waals surface area contributed by atoms with Gasteiger partial charge in [0.25, 0.3) is 0 Å². The van der Waals surface area contributed by atoms with E-state index in [-0.39, 0.29) is 17.5 Å². The third-order valence-corrected chi connectivity index (χ3v) is 4.81. The van der Waals surface area contributed by atoms with E-state index in [4.69, 9.17) is 9.47 Å². The SMILES string of the molecule is COc1ccc(CN2CCN(C(=O)CN3CCOCC3)CC2)cc1F. The molecule has 2 aliphatic heterocycles. The number of methoxy groups -OCH3 is 1. The number of rotatable bonds is 5. The highest BCUT2D eigenvalue weighted by atomic mass is 19.1. The topological polar surface area (TPSA) is 45.2 Å². The number of hydrogen-bond acceptors (Lipinski definition) is 5. The smallest absolute Gasteiger partial charge is 0.236 e. The molecule has 0 unspecified atom stereocenters. The van der Waals surface area contributed by atoms with E-state index in [1.807, 2.05) is 11.0 Å². The van der Waals surface area contributed by atoms with E-state index in [9.17, 15) is 9.18 Å². The highest BCUT2D eigenvalue weighted by Gasteiger charge is 2.23. The standard InChI is InChI=1S/C18H26FN3O3/c1-24-17-3-2-15(12-16(17)19)13-20-4-6-22(7-5-20)18(23)14-21-8-10-25-11-9-21/h2-3,12H,4-11,13-14H2,1H3. The molecule has 0 aromatic heterocycles. The molecule has 6 nitrogen and oxygen atoms in total. The van der Waals surface area contributed by atoms with Gasteiger partial charge in [0.05, 0.1) is 26.9 Å². The molecule has 0 N–H and O–H groups in total. The van der Waals surface area contributed by atoms with Crippen molar-refractivity contribution in [2.45, 2.75) is 6.54 Å². The molecule has 0 bridgehead atoms. The van der Waals surface area contributed by atoms with Crippen LogP contribution in [0.1, 0.15) is 5.56 Å². The maximum absolute atomic E-state index is 13.8. The zero-order chi connectivity index (χ0) is 17.6. The Morgan fingerprint density at radius 3 is 2.48 bits per heavy atom. The average Bonchev–Trinajstić information content (AvgIpc) is 2.63. The lowest BCUT2D eigenvalue weighted by Gasteiger charge is -2.36. The van der Waals surface area contributed by atoms with Crippen LogP contribution in [0.2, 0.25) is 0 Å². The highest BCUT2D eigenvalue weighted by molar-refractivity contribution is 5.78. The number of amides is 1. The molecule has 0 saturated carbocycles. The van der Waals surface area contributed by atoms with Crippen molar-refractivity contribution in [2.24, 2.45) is 0 Å². The van der Waals surface area contributed by atoms with Gasteiger partial charge in [-0.3, -0.25) is 14.6 Å². The number of hydrogen-bond donors (Lipinski definition) is 0. The number of benzene rings is 1. The number of carbonyl (C=O) groups is 1. The van der Waals surface area contributed by atoms with Gasteiger partial charge in [-0.1, -0.05) is 6.07 Å². The minimum Gasteiger partial charge on any atom is -0.494 e. The summed E-state index contributed by atoms with van der Waals surface area (Å²) in [5.74, 6) is 0.124. The summed E-state index contributed by atoms with van der Waals surface area (Å²) in [6.07, 6.45) is 0. The zero-order valence-corrected chi connectivity index (χ0v) is 14.7. The van der Waals surface area contributed by atoms with E-state index in [0.717, 1.165) is 44.8 Å². The Bertz CT molecular complexity index is 585. The van der Waals surface area contributed by atoms with Crippen LogP contribution in [0.15, 0.2) is 18.2 Å². The minimum atomic E-state index is -0.334. The summed E-state index contributed by atoms with van der Waals surface area (Å²) in [5.41, 5.74) is 0.923. The third-order valence-electron chi connectivity index (χ3n) is 4.81. The molecule has 0 atom stereocenters. The molecule has 7 heteroatoms. The fourth-order valence-electron chi connectivity index (χ4n) is 3.27. The van der Waals surface area contributed by atoms with Gasteiger partial charge >= 0.3 is 0 Å². The number of morpholine rings is 1. The maximum Gasteiger partial charge on any atom is 0.236 e. The minimum absolute atomic E-state index is 0.192. The maximum atomic E-state index is 13.8. The summed E-state index contributed by atoms with van der Waals surface area (Å²) in [5, 5.41) is 0. The Kier molecular flexibility index (Phi) is 6.23. The molecule has 138 valence electrons. The largest absolute Gasteiger partial charge is 0.494 e. The second kappa shape index (κ2) is 8.60. The van der Waals surface area contributed by atoms with Crippen LogP contribution in [0.5, 0.6) is 5.75 Å². The van der Waals surface area contributed by atoms with Crippen molar-refractivity contribution in [3.05, 3.63) is 29.6 Å². The Balaban J connectivity index is 1.45. The number of piperazine rings is 1. The van der Waals surface area contributed by atoms with Crippen LogP contribution in [-0.4, -0.2) is 86.7 Å². The summed E-state index contributed by atoms with van der Waals surface area (Å²) in [6.45, 7) is 7.30. The lowest BCUT2D eigenvalue weighted by Crippen LogP contribution is -2.51. The van der Waals surface area contributed by atoms with Crippen molar-refractivity contribution < 1.29 is 18.7 Å². The van der Waals surface area contributed by atoms with E-state index in [0.29, 0.717) is 26.3 Å². The molecular weight excluding hydrogens is 325 g/mol.